The number of rotatable bonds is 14. The van der Waals surface area contributed by atoms with Gasteiger partial charge in [0.25, 0.3) is 11.5 Å². The molecule has 298 valence electrons. The van der Waals surface area contributed by atoms with Gasteiger partial charge in [0.2, 0.25) is 5.91 Å². The number of aliphatic carboxylic acids is 1. The summed E-state index contributed by atoms with van der Waals surface area (Å²) >= 11 is 0. The van der Waals surface area contributed by atoms with Crippen molar-refractivity contribution in [2.45, 2.75) is 103 Å². The van der Waals surface area contributed by atoms with Crippen LogP contribution in [0.3, 0.4) is 0 Å². The molecule has 6 rings (SSSR count). The zero-order chi connectivity index (χ0) is 40.9. The van der Waals surface area contributed by atoms with Crippen LogP contribution in [0.15, 0.2) is 77.6 Å². The molecule has 57 heavy (non-hydrogen) atoms. The molecule has 5 aromatic rings. The van der Waals surface area contributed by atoms with Crippen LogP contribution in [0, 0.1) is 12.7 Å². The van der Waals surface area contributed by atoms with Gasteiger partial charge in [0.05, 0.1) is 16.5 Å². The molecule has 0 unspecified atom stereocenters. The maximum Gasteiger partial charge on any atom is 0.326 e. The number of carboxylic acids is 1. The molecule has 0 aliphatic heterocycles. The normalized spacial score (nSPS) is 14.3. The van der Waals surface area contributed by atoms with Crippen molar-refractivity contribution >= 4 is 51.1 Å². The number of carbonyl (C=O) groups is 4. The number of H-pyrrole nitrogens is 1. The molecule has 5 N–H and O–H groups in total. The van der Waals surface area contributed by atoms with Crippen LogP contribution in [0.2, 0.25) is 0 Å². The van der Waals surface area contributed by atoms with Gasteiger partial charge in [-0.1, -0.05) is 55.3 Å². The predicted octanol–water partition coefficient (Wildman–Crippen LogP) is 6.83. The summed E-state index contributed by atoms with van der Waals surface area (Å²) in [5, 5.41) is 20.4. The first-order chi connectivity index (χ1) is 27.1. The monoisotopic (exact) mass is 777 g/mol. The highest BCUT2D eigenvalue weighted by molar-refractivity contribution is 6.06. The summed E-state index contributed by atoms with van der Waals surface area (Å²) in [5.41, 5.74) is 2.26. The number of carboxylic acid groups (broad SMARTS) is 1. The fourth-order valence-corrected chi connectivity index (χ4v) is 7.35. The molecule has 2 atom stereocenters. The molecule has 1 aliphatic rings. The van der Waals surface area contributed by atoms with Gasteiger partial charge in [-0.05, 0) is 111 Å². The lowest BCUT2D eigenvalue weighted by Gasteiger charge is -2.23. The molecule has 0 saturated heterocycles. The molecule has 1 aromatic heterocycles. The summed E-state index contributed by atoms with van der Waals surface area (Å²) in [6.45, 7) is 7.08. The molecule has 1 fully saturated rings. The number of esters is 1. The van der Waals surface area contributed by atoms with E-state index in [0.717, 1.165) is 59.2 Å². The van der Waals surface area contributed by atoms with E-state index in [2.05, 4.69) is 25.9 Å². The number of halogens is 1. The average Bonchev–Trinajstić information content (AvgIpc) is 3.70. The Hall–Kier alpha value is -6.11. The van der Waals surface area contributed by atoms with E-state index in [-0.39, 0.29) is 36.9 Å². The van der Waals surface area contributed by atoms with E-state index in [9.17, 15) is 29.1 Å². The third-order valence-electron chi connectivity index (χ3n) is 10.1. The summed E-state index contributed by atoms with van der Waals surface area (Å²) in [6, 6.07) is 18.3. The second-order valence-corrected chi connectivity index (χ2v) is 15.7. The number of benzene rings is 4. The van der Waals surface area contributed by atoms with Crippen LogP contribution >= 0.6 is 0 Å². The minimum Gasteiger partial charge on any atom is -0.480 e. The Bertz CT molecular complexity index is 2380. The molecule has 1 saturated carbocycles. The molecule has 0 spiro atoms. The van der Waals surface area contributed by atoms with Gasteiger partial charge in [0.15, 0.2) is 0 Å². The Morgan fingerprint density at radius 3 is 2.42 bits per heavy atom. The van der Waals surface area contributed by atoms with E-state index in [4.69, 9.17) is 4.74 Å². The summed E-state index contributed by atoms with van der Waals surface area (Å²) in [5.74, 6) is -3.57. The molecule has 12 nitrogen and oxygen atoms in total. The molecule has 0 radical (unpaired) electrons. The van der Waals surface area contributed by atoms with Crippen LogP contribution in [0.4, 0.5) is 10.1 Å². The number of nitrogens with zero attached hydrogens (tertiary/aromatic N) is 1. The smallest absolute Gasteiger partial charge is 0.326 e. The first-order valence-corrected chi connectivity index (χ1v) is 19.2. The van der Waals surface area contributed by atoms with Crippen LogP contribution in [0.5, 0.6) is 0 Å². The number of amides is 2. The van der Waals surface area contributed by atoms with Crippen molar-refractivity contribution in [3.8, 4) is 0 Å². The van der Waals surface area contributed by atoms with Crippen LogP contribution < -0.4 is 21.5 Å². The van der Waals surface area contributed by atoms with Crippen molar-refractivity contribution in [1.29, 1.82) is 0 Å². The summed E-state index contributed by atoms with van der Waals surface area (Å²) < 4.78 is 20.9. The summed E-state index contributed by atoms with van der Waals surface area (Å²) in [4.78, 5) is 72.1. The van der Waals surface area contributed by atoms with E-state index in [1.54, 1.807) is 33.8 Å². The third kappa shape index (κ3) is 10.4. The van der Waals surface area contributed by atoms with Crippen molar-refractivity contribution in [3.63, 3.8) is 0 Å². The molecule has 0 bridgehead atoms. The fourth-order valence-electron chi connectivity index (χ4n) is 7.35. The highest BCUT2D eigenvalue weighted by Gasteiger charge is 2.29. The highest BCUT2D eigenvalue weighted by atomic mass is 19.1. The number of aryl methyl sites for hydroxylation is 1. The molecular weight excluding hydrogens is 730 g/mol. The van der Waals surface area contributed by atoms with Gasteiger partial charge in [-0.25, -0.2) is 14.2 Å². The zero-order valence-electron chi connectivity index (χ0n) is 32.5. The molecule has 13 heteroatoms. The number of carbonyl (C=O) groups excluding carboxylic acids is 3. The Morgan fingerprint density at radius 2 is 1.70 bits per heavy atom. The van der Waals surface area contributed by atoms with Crippen molar-refractivity contribution in [1.82, 2.24) is 20.6 Å². The average molecular weight is 778 g/mol. The maximum absolute atomic E-state index is 15.5. The van der Waals surface area contributed by atoms with Crippen LogP contribution in [0.1, 0.15) is 98.1 Å². The fraction of sp³-hybridized carbons (Fsp3) is 0.364. The molecular formula is C44H48FN5O7. The first kappa shape index (κ1) is 40.6. The number of ether oxygens (including phenoxy) is 1. The van der Waals surface area contributed by atoms with Gasteiger partial charge < -0.3 is 30.8 Å². The number of aromatic nitrogens is 2. The lowest BCUT2D eigenvalue weighted by molar-refractivity contribution is -0.155. The number of nitrogens with one attached hydrogen (secondary N) is 4. The predicted molar refractivity (Wildman–Crippen MR) is 216 cm³/mol. The van der Waals surface area contributed by atoms with Gasteiger partial charge in [-0.3, -0.25) is 19.2 Å². The van der Waals surface area contributed by atoms with E-state index < -0.39 is 47.3 Å². The highest BCUT2D eigenvalue weighted by Crippen LogP contribution is 2.34. The number of anilines is 1. The Balaban J connectivity index is 1.15. The standard InChI is InChI=1S/C44H48FN5O7/c1-25-47-35-17-14-29-13-12-27(21-33(29)39(35)42(54)48-25)24-46-31-15-16-32(34(45)23-31)40(52)49-36(18-19-38(51)57-44(2,3)4)41(53)50-37(43(55)56)22-26-8-7-11-30(20-26)28-9-5-6-10-28/h7-8,11-17,20-21,23,28,36-37,46H,5-6,9-10,18-19,22,24H2,1-4H3,(H,49,52)(H,50,53)(H,55,56)(H,47,48,54)/t36-,37-/m0/s1. The minimum atomic E-state index is -1.38. The first-order valence-electron chi connectivity index (χ1n) is 19.2. The van der Waals surface area contributed by atoms with Gasteiger partial charge in [0.1, 0.15) is 29.3 Å². The van der Waals surface area contributed by atoms with Crippen LogP contribution in [-0.2, 0) is 32.1 Å². The van der Waals surface area contributed by atoms with Crippen molar-refractivity contribution in [3.05, 3.63) is 117 Å². The maximum atomic E-state index is 15.5. The molecule has 4 aromatic carbocycles. The largest absolute Gasteiger partial charge is 0.480 e. The number of hydrogen-bond acceptors (Lipinski definition) is 8. The number of fused-ring (bicyclic) bond motifs is 3. The van der Waals surface area contributed by atoms with Gasteiger partial charge in [-0.2, -0.15) is 0 Å². The molecule has 1 aliphatic carbocycles. The molecule has 1 heterocycles. The quantitative estimate of drug-likeness (QED) is 0.0597. The van der Waals surface area contributed by atoms with E-state index in [0.29, 0.717) is 28.3 Å². The van der Waals surface area contributed by atoms with E-state index >= 15 is 4.39 Å². The van der Waals surface area contributed by atoms with Crippen molar-refractivity contribution < 1.29 is 33.4 Å². The SMILES string of the molecule is Cc1nc2ccc3ccc(CNc4ccc(C(=O)N[C@@H](CCC(=O)OC(C)(C)C)C(=O)N[C@@H](Cc5cccc(C6CCCC6)c5)C(=O)O)c(F)c4)cc3c2c(=O)[nH]1. The van der Waals surface area contributed by atoms with Crippen LogP contribution in [-0.4, -0.2) is 56.5 Å². The van der Waals surface area contributed by atoms with Crippen molar-refractivity contribution in [2.24, 2.45) is 0 Å². The summed E-state index contributed by atoms with van der Waals surface area (Å²) in [6.07, 6.45) is 3.97. The Morgan fingerprint density at radius 1 is 0.947 bits per heavy atom. The molecule has 2 amide bonds. The zero-order valence-corrected chi connectivity index (χ0v) is 32.5. The second kappa shape index (κ2) is 17.4. The second-order valence-electron chi connectivity index (χ2n) is 15.7. The van der Waals surface area contributed by atoms with E-state index in [1.165, 1.54) is 12.1 Å². The Kier molecular flexibility index (Phi) is 12.3. The number of hydrogen-bond donors (Lipinski definition) is 5. The lowest BCUT2D eigenvalue weighted by atomic mass is 9.94. The number of aromatic amines is 1. The van der Waals surface area contributed by atoms with Crippen molar-refractivity contribution in [2.75, 3.05) is 5.32 Å². The summed E-state index contributed by atoms with van der Waals surface area (Å²) in [7, 11) is 0. The third-order valence-corrected chi connectivity index (χ3v) is 10.1. The topological polar surface area (TPSA) is 180 Å². The van der Waals surface area contributed by atoms with E-state index in [1.807, 2.05) is 48.5 Å². The lowest BCUT2D eigenvalue weighted by Crippen LogP contribution is -2.52. The Labute approximate surface area is 329 Å². The van der Waals surface area contributed by atoms with Crippen LogP contribution in [0.25, 0.3) is 21.7 Å². The van der Waals surface area contributed by atoms with Gasteiger partial charge in [0, 0.05) is 25.1 Å². The van der Waals surface area contributed by atoms with Gasteiger partial charge in [-0.15, -0.1) is 0 Å². The van der Waals surface area contributed by atoms with Gasteiger partial charge >= 0.3 is 11.9 Å². The minimum absolute atomic E-state index is 0.00242.